The number of likely N-dealkylation sites (tertiary alicyclic amines) is 1. The van der Waals surface area contributed by atoms with Gasteiger partial charge in [0.05, 0.1) is 13.1 Å². The average molecular weight is 131 g/mol. The lowest BCUT2D eigenvalue weighted by atomic mass is 9.99. The fourth-order valence-corrected chi connectivity index (χ4v) is 0.972. The summed E-state index contributed by atoms with van der Waals surface area (Å²) < 4.78 is 12.6. The van der Waals surface area contributed by atoms with Crippen molar-refractivity contribution in [2.24, 2.45) is 0 Å². The lowest BCUT2D eigenvalue weighted by Gasteiger charge is -2.41. The molecule has 9 heavy (non-hydrogen) atoms. The van der Waals surface area contributed by atoms with E-state index in [2.05, 4.69) is 0 Å². The predicted molar refractivity (Wildman–Crippen MR) is 31.8 cm³/mol. The molecule has 1 rings (SSSR count). The highest BCUT2D eigenvalue weighted by Crippen LogP contribution is 2.23. The Balaban J connectivity index is 2.35. The monoisotopic (exact) mass is 131 g/mol. The van der Waals surface area contributed by atoms with Crippen LogP contribution in [0.4, 0.5) is 4.39 Å². The molecular formula is C6H10FNO. The van der Waals surface area contributed by atoms with Crippen molar-refractivity contribution in [3.8, 4) is 0 Å². The van der Waals surface area contributed by atoms with Crippen LogP contribution in [0.5, 0.6) is 0 Å². The molecule has 0 N–H and O–H groups in total. The molecule has 0 radical (unpaired) electrons. The highest BCUT2D eigenvalue weighted by molar-refractivity contribution is 5.74. The van der Waals surface area contributed by atoms with Gasteiger partial charge in [-0.1, -0.05) is 0 Å². The maximum absolute atomic E-state index is 12.6. The van der Waals surface area contributed by atoms with E-state index in [9.17, 15) is 9.18 Å². The van der Waals surface area contributed by atoms with Crippen molar-refractivity contribution in [3.63, 3.8) is 0 Å². The van der Waals surface area contributed by atoms with E-state index in [-0.39, 0.29) is 19.0 Å². The topological polar surface area (TPSA) is 20.3 Å². The quantitative estimate of drug-likeness (QED) is 0.471. The van der Waals surface area contributed by atoms with Gasteiger partial charge in [0.25, 0.3) is 0 Å². The molecule has 0 bridgehead atoms. The van der Waals surface area contributed by atoms with Crippen molar-refractivity contribution in [3.05, 3.63) is 0 Å². The van der Waals surface area contributed by atoms with Gasteiger partial charge >= 0.3 is 0 Å². The Labute approximate surface area is 53.6 Å². The molecule has 3 heteroatoms. The largest absolute Gasteiger partial charge is 0.336 e. The molecule has 1 aliphatic rings. The molecule has 1 heterocycles. The van der Waals surface area contributed by atoms with Gasteiger partial charge in [0, 0.05) is 6.92 Å². The van der Waals surface area contributed by atoms with Crippen molar-refractivity contribution < 1.29 is 9.18 Å². The van der Waals surface area contributed by atoms with Gasteiger partial charge in [-0.2, -0.15) is 0 Å². The van der Waals surface area contributed by atoms with E-state index >= 15 is 0 Å². The summed E-state index contributed by atoms with van der Waals surface area (Å²) in [6.07, 6.45) is 0. The molecule has 52 valence electrons. The standard InChI is InChI=1S/C6H10FNO/c1-5(9)8-3-6(2,7)4-8/h3-4H2,1-2H3. The number of carbonyl (C=O) groups excluding carboxylic acids is 1. The number of hydrogen-bond donors (Lipinski definition) is 0. The van der Waals surface area contributed by atoms with E-state index in [1.807, 2.05) is 0 Å². The van der Waals surface area contributed by atoms with Gasteiger partial charge in [0.2, 0.25) is 5.91 Å². The number of rotatable bonds is 0. The Bertz CT molecular complexity index is 136. The molecule has 1 aliphatic heterocycles. The summed E-state index contributed by atoms with van der Waals surface area (Å²) in [6, 6.07) is 0. The lowest BCUT2D eigenvalue weighted by Crippen LogP contribution is -2.58. The van der Waals surface area contributed by atoms with Crippen LogP contribution in [-0.2, 0) is 4.79 Å². The average Bonchev–Trinajstić information content (AvgIpc) is 1.59. The van der Waals surface area contributed by atoms with Gasteiger partial charge in [-0.05, 0) is 6.92 Å². The summed E-state index contributed by atoms with van der Waals surface area (Å²) >= 11 is 0. The first-order valence-corrected chi connectivity index (χ1v) is 2.96. The van der Waals surface area contributed by atoms with E-state index in [1.165, 1.54) is 18.7 Å². The number of amides is 1. The molecule has 0 spiro atoms. The second-order valence-electron chi connectivity index (χ2n) is 2.79. The number of halogens is 1. The molecule has 2 nitrogen and oxygen atoms in total. The second kappa shape index (κ2) is 1.69. The fraction of sp³-hybridized carbons (Fsp3) is 0.833. The Kier molecular flexibility index (Phi) is 1.22. The molecule has 1 fully saturated rings. The van der Waals surface area contributed by atoms with E-state index in [4.69, 9.17) is 0 Å². The third kappa shape index (κ3) is 1.20. The molecule has 1 saturated heterocycles. The summed E-state index contributed by atoms with van der Waals surface area (Å²) in [4.78, 5) is 12.0. The zero-order valence-corrected chi connectivity index (χ0v) is 5.65. The lowest BCUT2D eigenvalue weighted by molar-refractivity contribution is -0.141. The smallest absolute Gasteiger partial charge is 0.219 e. The van der Waals surface area contributed by atoms with Crippen LogP contribution >= 0.6 is 0 Å². The van der Waals surface area contributed by atoms with Crippen LogP contribution in [0.3, 0.4) is 0 Å². The molecule has 0 unspecified atom stereocenters. The molecule has 0 atom stereocenters. The minimum atomic E-state index is -1.12. The summed E-state index contributed by atoms with van der Waals surface area (Å²) in [7, 11) is 0. The third-order valence-electron chi connectivity index (χ3n) is 1.49. The van der Waals surface area contributed by atoms with Crippen LogP contribution in [0.25, 0.3) is 0 Å². The molecule has 1 amide bonds. The van der Waals surface area contributed by atoms with Crippen molar-refractivity contribution >= 4 is 5.91 Å². The van der Waals surface area contributed by atoms with Crippen LogP contribution in [0.2, 0.25) is 0 Å². The Morgan fingerprint density at radius 1 is 1.67 bits per heavy atom. The van der Waals surface area contributed by atoms with Crippen LogP contribution in [0.15, 0.2) is 0 Å². The highest BCUT2D eigenvalue weighted by atomic mass is 19.1. The number of nitrogens with zero attached hydrogens (tertiary/aromatic N) is 1. The zero-order valence-electron chi connectivity index (χ0n) is 5.65. The van der Waals surface area contributed by atoms with Crippen molar-refractivity contribution in [1.82, 2.24) is 4.90 Å². The van der Waals surface area contributed by atoms with Crippen LogP contribution in [-0.4, -0.2) is 29.6 Å². The van der Waals surface area contributed by atoms with Gasteiger partial charge in [0.15, 0.2) is 0 Å². The highest BCUT2D eigenvalue weighted by Gasteiger charge is 2.39. The van der Waals surface area contributed by atoms with Gasteiger partial charge in [-0.15, -0.1) is 0 Å². The first kappa shape index (κ1) is 6.52. The second-order valence-corrected chi connectivity index (χ2v) is 2.79. The molecule has 0 aromatic rings. The Morgan fingerprint density at radius 2 is 2.11 bits per heavy atom. The first-order valence-electron chi connectivity index (χ1n) is 2.96. The zero-order chi connectivity index (χ0) is 7.07. The van der Waals surface area contributed by atoms with E-state index in [0.717, 1.165) is 0 Å². The van der Waals surface area contributed by atoms with Gasteiger partial charge in [0.1, 0.15) is 5.67 Å². The number of hydrogen-bond acceptors (Lipinski definition) is 1. The summed E-state index contributed by atoms with van der Waals surface area (Å²) in [6.45, 7) is 3.49. The summed E-state index contributed by atoms with van der Waals surface area (Å²) in [5.74, 6) is -0.0369. The van der Waals surface area contributed by atoms with E-state index < -0.39 is 5.67 Å². The Hall–Kier alpha value is -0.600. The van der Waals surface area contributed by atoms with E-state index in [1.54, 1.807) is 0 Å². The molecule has 0 aromatic heterocycles. The van der Waals surface area contributed by atoms with Gasteiger partial charge < -0.3 is 4.90 Å². The molecule has 0 aromatic carbocycles. The van der Waals surface area contributed by atoms with Crippen LogP contribution < -0.4 is 0 Å². The Morgan fingerprint density at radius 3 is 2.22 bits per heavy atom. The number of alkyl halides is 1. The predicted octanol–water partition coefficient (Wildman–Crippen LogP) is 0.577. The molecule has 0 aliphatic carbocycles. The SMILES string of the molecule is CC(=O)N1CC(C)(F)C1. The molecule has 0 saturated carbocycles. The summed E-state index contributed by atoms with van der Waals surface area (Å²) in [5.41, 5.74) is -1.12. The fourth-order valence-electron chi connectivity index (χ4n) is 0.972. The van der Waals surface area contributed by atoms with Crippen molar-refractivity contribution in [2.45, 2.75) is 19.5 Å². The van der Waals surface area contributed by atoms with Crippen LogP contribution in [0, 0.1) is 0 Å². The maximum Gasteiger partial charge on any atom is 0.219 e. The van der Waals surface area contributed by atoms with Crippen molar-refractivity contribution in [2.75, 3.05) is 13.1 Å². The van der Waals surface area contributed by atoms with E-state index in [0.29, 0.717) is 0 Å². The third-order valence-corrected chi connectivity index (χ3v) is 1.49. The number of carbonyl (C=O) groups is 1. The van der Waals surface area contributed by atoms with Gasteiger partial charge in [-0.3, -0.25) is 4.79 Å². The van der Waals surface area contributed by atoms with Gasteiger partial charge in [-0.25, -0.2) is 4.39 Å². The first-order chi connectivity index (χ1) is 4.01. The minimum Gasteiger partial charge on any atom is -0.336 e. The normalized spacial score (nSPS) is 23.2. The molecular weight excluding hydrogens is 121 g/mol. The minimum absolute atomic E-state index is 0.0369. The maximum atomic E-state index is 12.6. The van der Waals surface area contributed by atoms with Crippen LogP contribution in [0.1, 0.15) is 13.8 Å². The summed E-state index contributed by atoms with van der Waals surface area (Å²) in [5, 5.41) is 0. The van der Waals surface area contributed by atoms with Crippen molar-refractivity contribution in [1.29, 1.82) is 0 Å².